The lowest BCUT2D eigenvalue weighted by atomic mass is 10.1. The van der Waals surface area contributed by atoms with Crippen LogP contribution in [0.4, 0.5) is 5.82 Å². The number of aromatic nitrogens is 2. The van der Waals surface area contributed by atoms with E-state index in [0.717, 1.165) is 22.6 Å². The quantitative estimate of drug-likeness (QED) is 0.839. The Morgan fingerprint density at radius 2 is 2.05 bits per heavy atom. The maximum Gasteiger partial charge on any atom is 0.198 e. The fraction of sp³-hybridized carbons (Fsp3) is 0.231. The Morgan fingerprint density at radius 3 is 2.68 bits per heavy atom. The number of aromatic amines is 1. The number of nitrogens with one attached hydrogen (secondary N) is 1. The number of hydrogen-bond acceptors (Lipinski definition) is 5. The van der Waals surface area contributed by atoms with Crippen molar-refractivity contribution in [1.29, 1.82) is 0 Å². The minimum Gasteiger partial charge on any atom is -0.497 e. The molecule has 6 heteroatoms. The van der Waals surface area contributed by atoms with Crippen molar-refractivity contribution in [2.24, 2.45) is 0 Å². The molecule has 0 saturated heterocycles. The van der Waals surface area contributed by atoms with Crippen LogP contribution in [0.25, 0.3) is 0 Å². The molecule has 3 N–H and O–H groups in total. The Balaban J connectivity index is 2.34. The fourth-order valence-electron chi connectivity index (χ4n) is 1.78. The van der Waals surface area contributed by atoms with Crippen LogP contribution in [0.5, 0.6) is 11.5 Å². The van der Waals surface area contributed by atoms with Crippen molar-refractivity contribution in [2.75, 3.05) is 20.0 Å². The standard InChI is InChI=1S/C13H15N3O2S/c1-17-10-4-3-8(11(6-10)18-2)5-9-7-15-13(19)16-12(9)14/h3-4,6-7H,5H2,1-2H3,(H3,14,15,16,19). The Kier molecular flexibility index (Phi) is 4.01. The largest absolute Gasteiger partial charge is 0.497 e. The second-order valence-corrected chi connectivity index (χ2v) is 4.37. The molecule has 0 amide bonds. The third-order valence-electron chi connectivity index (χ3n) is 2.80. The highest BCUT2D eigenvalue weighted by Crippen LogP contribution is 2.27. The average Bonchev–Trinajstić information content (AvgIpc) is 2.42. The molecule has 1 aromatic carbocycles. The van der Waals surface area contributed by atoms with E-state index in [1.807, 2.05) is 18.2 Å². The van der Waals surface area contributed by atoms with Gasteiger partial charge < -0.3 is 20.2 Å². The lowest BCUT2D eigenvalue weighted by Crippen LogP contribution is -2.02. The first-order valence-corrected chi connectivity index (χ1v) is 6.09. The third-order valence-corrected chi connectivity index (χ3v) is 3.01. The Bertz CT molecular complexity index is 640. The monoisotopic (exact) mass is 277 g/mol. The maximum absolute atomic E-state index is 5.89. The molecule has 0 unspecified atom stereocenters. The zero-order valence-electron chi connectivity index (χ0n) is 10.8. The van der Waals surface area contributed by atoms with E-state index >= 15 is 0 Å². The van der Waals surface area contributed by atoms with Crippen molar-refractivity contribution >= 4 is 18.0 Å². The van der Waals surface area contributed by atoms with Crippen molar-refractivity contribution in [3.8, 4) is 11.5 Å². The molecule has 0 aliphatic heterocycles. The molecule has 2 aromatic rings. The first-order chi connectivity index (χ1) is 9.13. The number of nitrogens with zero attached hydrogens (tertiary/aromatic N) is 1. The van der Waals surface area contributed by atoms with Gasteiger partial charge in [0.05, 0.1) is 14.2 Å². The van der Waals surface area contributed by atoms with Crippen LogP contribution in [0.15, 0.2) is 24.4 Å². The summed E-state index contributed by atoms with van der Waals surface area (Å²) in [5, 5.41) is 0. The highest BCUT2D eigenvalue weighted by molar-refractivity contribution is 7.71. The zero-order chi connectivity index (χ0) is 13.8. The first-order valence-electron chi connectivity index (χ1n) is 5.68. The van der Waals surface area contributed by atoms with Gasteiger partial charge in [-0.25, -0.2) is 4.98 Å². The van der Waals surface area contributed by atoms with Crippen LogP contribution in [0.3, 0.4) is 0 Å². The molecule has 1 aromatic heterocycles. The van der Waals surface area contributed by atoms with Crippen LogP contribution >= 0.6 is 12.2 Å². The van der Waals surface area contributed by atoms with Crippen molar-refractivity contribution < 1.29 is 9.47 Å². The van der Waals surface area contributed by atoms with Crippen molar-refractivity contribution in [2.45, 2.75) is 6.42 Å². The highest BCUT2D eigenvalue weighted by Gasteiger charge is 2.08. The molecule has 100 valence electrons. The predicted molar refractivity (Wildman–Crippen MR) is 76.2 cm³/mol. The molecule has 19 heavy (non-hydrogen) atoms. The van der Waals surface area contributed by atoms with Crippen LogP contribution in [-0.4, -0.2) is 24.2 Å². The molecule has 2 rings (SSSR count). The van der Waals surface area contributed by atoms with Gasteiger partial charge in [-0.2, -0.15) is 0 Å². The van der Waals surface area contributed by atoms with Crippen molar-refractivity contribution in [1.82, 2.24) is 9.97 Å². The molecule has 0 radical (unpaired) electrons. The van der Waals surface area contributed by atoms with Gasteiger partial charge in [0.1, 0.15) is 17.3 Å². The summed E-state index contributed by atoms with van der Waals surface area (Å²) < 4.78 is 10.9. The smallest absolute Gasteiger partial charge is 0.198 e. The number of hydrogen-bond donors (Lipinski definition) is 2. The molecule has 1 heterocycles. The number of nitrogen functional groups attached to an aromatic ring is 1. The van der Waals surface area contributed by atoms with Crippen molar-refractivity contribution in [3.63, 3.8) is 0 Å². The average molecular weight is 277 g/mol. The van der Waals surface area contributed by atoms with E-state index in [2.05, 4.69) is 9.97 Å². The SMILES string of the molecule is COc1ccc(Cc2cnc(=S)[nH]c2N)c(OC)c1. The predicted octanol–water partition coefficient (Wildman–Crippen LogP) is 2.33. The molecule has 5 nitrogen and oxygen atoms in total. The second kappa shape index (κ2) is 5.71. The van der Waals surface area contributed by atoms with Gasteiger partial charge in [0.25, 0.3) is 0 Å². The van der Waals surface area contributed by atoms with E-state index in [0.29, 0.717) is 17.0 Å². The highest BCUT2D eigenvalue weighted by atomic mass is 32.1. The molecule has 0 aliphatic rings. The van der Waals surface area contributed by atoms with Crippen LogP contribution in [0.2, 0.25) is 0 Å². The van der Waals surface area contributed by atoms with Gasteiger partial charge in [-0.3, -0.25) is 0 Å². The van der Waals surface area contributed by atoms with E-state index in [4.69, 9.17) is 27.4 Å². The lowest BCUT2D eigenvalue weighted by molar-refractivity contribution is 0.391. The number of benzene rings is 1. The van der Waals surface area contributed by atoms with Gasteiger partial charge in [0.15, 0.2) is 4.77 Å². The lowest BCUT2D eigenvalue weighted by Gasteiger charge is -2.11. The summed E-state index contributed by atoms with van der Waals surface area (Å²) in [4.78, 5) is 6.87. The summed E-state index contributed by atoms with van der Waals surface area (Å²) in [5.74, 6) is 2.03. The van der Waals surface area contributed by atoms with E-state index in [1.54, 1.807) is 20.4 Å². The number of anilines is 1. The van der Waals surface area contributed by atoms with E-state index < -0.39 is 0 Å². The van der Waals surface area contributed by atoms with E-state index in [9.17, 15) is 0 Å². The van der Waals surface area contributed by atoms with Gasteiger partial charge in [-0.15, -0.1) is 0 Å². The zero-order valence-corrected chi connectivity index (χ0v) is 11.6. The molecule has 0 aliphatic carbocycles. The van der Waals surface area contributed by atoms with Crippen molar-refractivity contribution in [3.05, 3.63) is 40.3 Å². The summed E-state index contributed by atoms with van der Waals surface area (Å²) in [6, 6.07) is 5.66. The molecule has 0 saturated carbocycles. The molecular weight excluding hydrogens is 262 g/mol. The molecule has 0 bridgehead atoms. The minimum atomic E-state index is 0.378. The molecule has 0 atom stereocenters. The Hall–Kier alpha value is -2.08. The fourth-order valence-corrected chi connectivity index (χ4v) is 1.94. The maximum atomic E-state index is 5.89. The number of rotatable bonds is 4. The molecule has 0 spiro atoms. The van der Waals surface area contributed by atoms with E-state index in [1.165, 1.54) is 0 Å². The second-order valence-electron chi connectivity index (χ2n) is 3.98. The minimum absolute atomic E-state index is 0.378. The van der Waals surface area contributed by atoms with Gasteiger partial charge in [-0.1, -0.05) is 6.07 Å². The Labute approximate surface area is 116 Å². The van der Waals surface area contributed by atoms with Crippen LogP contribution in [0.1, 0.15) is 11.1 Å². The number of ether oxygens (including phenoxy) is 2. The normalized spacial score (nSPS) is 10.2. The topological polar surface area (TPSA) is 73.2 Å². The number of H-pyrrole nitrogens is 1. The van der Waals surface area contributed by atoms with Gasteiger partial charge >= 0.3 is 0 Å². The van der Waals surface area contributed by atoms with Crippen LogP contribution < -0.4 is 15.2 Å². The Morgan fingerprint density at radius 1 is 1.26 bits per heavy atom. The van der Waals surface area contributed by atoms with Gasteiger partial charge in [-0.05, 0) is 23.8 Å². The van der Waals surface area contributed by atoms with Crippen LogP contribution in [0, 0.1) is 4.77 Å². The van der Waals surface area contributed by atoms with E-state index in [-0.39, 0.29) is 0 Å². The third kappa shape index (κ3) is 3.03. The summed E-state index contributed by atoms with van der Waals surface area (Å²) in [6.45, 7) is 0. The summed E-state index contributed by atoms with van der Waals surface area (Å²) in [5.41, 5.74) is 7.76. The van der Waals surface area contributed by atoms with Gasteiger partial charge in [0.2, 0.25) is 0 Å². The van der Waals surface area contributed by atoms with Gasteiger partial charge in [0, 0.05) is 24.2 Å². The first kappa shape index (κ1) is 13.4. The molecule has 0 fully saturated rings. The van der Waals surface area contributed by atoms with Crippen LogP contribution in [-0.2, 0) is 6.42 Å². The molecular formula is C13H15N3O2S. The summed E-state index contributed by atoms with van der Waals surface area (Å²) in [6.07, 6.45) is 2.29. The summed E-state index contributed by atoms with van der Waals surface area (Å²) in [7, 11) is 3.24. The number of methoxy groups -OCH3 is 2. The number of nitrogens with two attached hydrogens (primary N) is 1. The summed E-state index contributed by atoms with van der Waals surface area (Å²) >= 11 is 4.92.